The number of carbonyl (C=O) groups is 3. The Morgan fingerprint density at radius 3 is 2.49 bits per heavy atom. The van der Waals surface area contributed by atoms with Gasteiger partial charge in [-0.05, 0) is 70.0 Å². The standard InChI is InChI=1S/C26H25N5O3S/c1-14-6-8-20(9-7-14)28-23(32)13-30-24(33)22(29-26(30)34)11-19-10-15(2)31(17(19)4)25-21(12-27)16(3)18(5)35-25/h6-11H,13H2,1-5H3,(H,28,32)(H,29,34)/b22-11+. The maximum Gasteiger partial charge on any atom is 0.329 e. The number of carbonyl (C=O) groups excluding carboxylic acids is 3. The Hall–Kier alpha value is -4.16. The van der Waals surface area contributed by atoms with Crippen molar-refractivity contribution in [2.75, 3.05) is 11.9 Å². The van der Waals surface area contributed by atoms with Gasteiger partial charge >= 0.3 is 6.03 Å². The van der Waals surface area contributed by atoms with E-state index in [-0.39, 0.29) is 5.70 Å². The fourth-order valence-electron chi connectivity index (χ4n) is 4.00. The fraction of sp³-hybridized carbons (Fsp3) is 0.231. The van der Waals surface area contributed by atoms with Gasteiger partial charge in [0.15, 0.2) is 0 Å². The number of urea groups is 1. The molecule has 0 aliphatic carbocycles. The molecular weight excluding hydrogens is 462 g/mol. The third-order valence-electron chi connectivity index (χ3n) is 6.05. The average molecular weight is 488 g/mol. The Morgan fingerprint density at radius 1 is 1.14 bits per heavy atom. The van der Waals surface area contributed by atoms with E-state index in [4.69, 9.17) is 0 Å². The second kappa shape index (κ2) is 9.24. The number of amides is 4. The number of anilines is 1. The van der Waals surface area contributed by atoms with Gasteiger partial charge in [0.25, 0.3) is 5.91 Å². The number of thiophene rings is 1. The molecule has 4 amide bonds. The number of imide groups is 1. The lowest BCUT2D eigenvalue weighted by molar-refractivity contribution is -0.127. The van der Waals surface area contributed by atoms with Crippen LogP contribution in [0.5, 0.6) is 0 Å². The molecule has 2 N–H and O–H groups in total. The van der Waals surface area contributed by atoms with E-state index in [2.05, 4.69) is 16.7 Å². The molecule has 35 heavy (non-hydrogen) atoms. The Bertz CT molecular complexity index is 1440. The van der Waals surface area contributed by atoms with Gasteiger partial charge in [-0.15, -0.1) is 11.3 Å². The van der Waals surface area contributed by atoms with Gasteiger partial charge < -0.3 is 15.2 Å². The molecule has 1 aliphatic rings. The number of benzene rings is 1. The summed E-state index contributed by atoms with van der Waals surface area (Å²) in [6.45, 7) is 9.29. The first-order chi connectivity index (χ1) is 16.6. The van der Waals surface area contributed by atoms with Crippen LogP contribution in [-0.2, 0) is 9.59 Å². The predicted octanol–water partition coefficient (Wildman–Crippen LogP) is 4.48. The summed E-state index contributed by atoms with van der Waals surface area (Å²) in [5.74, 6) is -1.04. The first kappa shape index (κ1) is 24.0. The summed E-state index contributed by atoms with van der Waals surface area (Å²) in [4.78, 5) is 39.8. The molecule has 0 bridgehead atoms. The summed E-state index contributed by atoms with van der Waals surface area (Å²) in [7, 11) is 0. The van der Waals surface area contributed by atoms with Crippen LogP contribution in [0.4, 0.5) is 10.5 Å². The molecule has 0 spiro atoms. The maximum absolute atomic E-state index is 12.9. The van der Waals surface area contributed by atoms with E-state index in [1.165, 1.54) is 0 Å². The van der Waals surface area contributed by atoms with Crippen molar-refractivity contribution in [1.82, 2.24) is 14.8 Å². The summed E-state index contributed by atoms with van der Waals surface area (Å²) < 4.78 is 1.99. The zero-order chi connectivity index (χ0) is 25.4. The number of aryl methyl sites for hydroxylation is 3. The van der Waals surface area contributed by atoms with Crippen molar-refractivity contribution in [3.63, 3.8) is 0 Å². The maximum atomic E-state index is 12.9. The molecule has 8 nitrogen and oxygen atoms in total. The minimum absolute atomic E-state index is 0.0948. The Balaban J connectivity index is 1.57. The quantitative estimate of drug-likeness (QED) is 0.409. The van der Waals surface area contributed by atoms with Crippen molar-refractivity contribution in [3.8, 4) is 11.1 Å². The molecule has 0 saturated carbocycles. The number of nitrogens with one attached hydrogen (secondary N) is 2. The molecule has 1 fully saturated rings. The number of hydrogen-bond donors (Lipinski definition) is 2. The summed E-state index contributed by atoms with van der Waals surface area (Å²) in [5.41, 5.74) is 5.80. The Labute approximate surface area is 207 Å². The molecule has 1 aromatic carbocycles. The van der Waals surface area contributed by atoms with Crippen LogP contribution in [0.2, 0.25) is 0 Å². The number of nitrogens with zero attached hydrogens (tertiary/aromatic N) is 3. The molecule has 178 valence electrons. The van der Waals surface area contributed by atoms with E-state index in [1.54, 1.807) is 29.5 Å². The van der Waals surface area contributed by atoms with Gasteiger partial charge in [-0.2, -0.15) is 5.26 Å². The highest BCUT2D eigenvalue weighted by Gasteiger charge is 2.35. The molecule has 1 aliphatic heterocycles. The highest BCUT2D eigenvalue weighted by Crippen LogP contribution is 2.34. The lowest BCUT2D eigenvalue weighted by atomic mass is 10.2. The van der Waals surface area contributed by atoms with Gasteiger partial charge in [-0.1, -0.05) is 17.7 Å². The molecular formula is C26H25N5O3S. The van der Waals surface area contributed by atoms with E-state index in [9.17, 15) is 19.6 Å². The Morgan fingerprint density at radius 2 is 1.83 bits per heavy atom. The lowest BCUT2D eigenvalue weighted by Crippen LogP contribution is -2.38. The van der Waals surface area contributed by atoms with Gasteiger partial charge in [0.05, 0.1) is 5.56 Å². The topological polar surface area (TPSA) is 107 Å². The Kier molecular flexibility index (Phi) is 6.33. The minimum Gasteiger partial charge on any atom is -0.325 e. The molecule has 0 radical (unpaired) electrons. The predicted molar refractivity (Wildman–Crippen MR) is 135 cm³/mol. The number of rotatable bonds is 5. The van der Waals surface area contributed by atoms with Crippen molar-refractivity contribution in [3.05, 3.63) is 74.5 Å². The lowest BCUT2D eigenvalue weighted by Gasteiger charge is -2.12. The van der Waals surface area contributed by atoms with Crippen LogP contribution in [0, 0.1) is 45.9 Å². The average Bonchev–Trinajstić information content (AvgIpc) is 3.35. The number of aromatic nitrogens is 1. The molecule has 4 rings (SSSR count). The van der Waals surface area contributed by atoms with Crippen molar-refractivity contribution in [2.24, 2.45) is 0 Å². The monoisotopic (exact) mass is 487 g/mol. The third-order valence-corrected chi connectivity index (χ3v) is 7.24. The van der Waals surface area contributed by atoms with Gasteiger partial charge in [0.2, 0.25) is 5.91 Å². The van der Waals surface area contributed by atoms with Crippen molar-refractivity contribution in [2.45, 2.75) is 34.6 Å². The molecule has 3 heterocycles. The van der Waals surface area contributed by atoms with E-state index < -0.39 is 24.4 Å². The zero-order valence-electron chi connectivity index (χ0n) is 20.1. The normalized spacial score (nSPS) is 14.4. The van der Waals surface area contributed by atoms with Crippen LogP contribution in [-0.4, -0.2) is 33.9 Å². The van der Waals surface area contributed by atoms with Crippen LogP contribution < -0.4 is 10.6 Å². The molecule has 9 heteroatoms. The smallest absolute Gasteiger partial charge is 0.325 e. The highest BCUT2D eigenvalue weighted by molar-refractivity contribution is 7.14. The van der Waals surface area contributed by atoms with Crippen molar-refractivity contribution in [1.29, 1.82) is 5.26 Å². The van der Waals surface area contributed by atoms with Crippen LogP contribution in [0.1, 0.15) is 38.5 Å². The highest BCUT2D eigenvalue weighted by atomic mass is 32.1. The first-order valence-corrected chi connectivity index (χ1v) is 11.8. The van der Waals surface area contributed by atoms with E-state index >= 15 is 0 Å². The van der Waals surface area contributed by atoms with Crippen LogP contribution in [0.15, 0.2) is 36.0 Å². The summed E-state index contributed by atoms with van der Waals surface area (Å²) in [6, 6.07) is 10.8. The number of nitriles is 1. The molecule has 2 aromatic heterocycles. The molecule has 3 aromatic rings. The van der Waals surface area contributed by atoms with Crippen molar-refractivity contribution >= 4 is 40.9 Å². The molecule has 0 atom stereocenters. The third kappa shape index (κ3) is 4.48. The summed E-state index contributed by atoms with van der Waals surface area (Å²) >= 11 is 1.54. The van der Waals surface area contributed by atoms with E-state index in [0.29, 0.717) is 11.3 Å². The van der Waals surface area contributed by atoms with Crippen LogP contribution in [0.3, 0.4) is 0 Å². The molecule has 1 saturated heterocycles. The minimum atomic E-state index is -0.648. The fourth-order valence-corrected chi connectivity index (χ4v) is 5.21. The van der Waals surface area contributed by atoms with Crippen molar-refractivity contribution < 1.29 is 14.4 Å². The van der Waals surface area contributed by atoms with Gasteiger partial charge in [-0.3, -0.25) is 9.59 Å². The zero-order valence-corrected chi connectivity index (χ0v) is 21.0. The van der Waals surface area contributed by atoms with Gasteiger partial charge in [0.1, 0.15) is 23.3 Å². The van der Waals surface area contributed by atoms with Crippen LogP contribution >= 0.6 is 11.3 Å². The second-order valence-corrected chi connectivity index (χ2v) is 9.73. The van der Waals surface area contributed by atoms with Gasteiger partial charge in [0, 0.05) is 22.0 Å². The van der Waals surface area contributed by atoms with Crippen LogP contribution in [0.25, 0.3) is 11.1 Å². The summed E-state index contributed by atoms with van der Waals surface area (Å²) in [5, 5.41) is 15.8. The molecule has 0 unspecified atom stereocenters. The van der Waals surface area contributed by atoms with Gasteiger partial charge in [-0.25, -0.2) is 9.69 Å². The first-order valence-electron chi connectivity index (χ1n) is 11.0. The summed E-state index contributed by atoms with van der Waals surface area (Å²) in [6.07, 6.45) is 1.61. The second-order valence-electron chi connectivity index (χ2n) is 8.53. The van der Waals surface area contributed by atoms with E-state index in [1.807, 2.05) is 57.4 Å². The SMILES string of the molecule is Cc1ccc(NC(=O)CN2C(=O)N/C(=C/c3cc(C)n(-c4sc(C)c(C)c4C#N)c3C)C2=O)cc1. The van der Waals surface area contributed by atoms with E-state index in [0.717, 1.165) is 42.9 Å². The number of hydrogen-bond acceptors (Lipinski definition) is 5. The largest absolute Gasteiger partial charge is 0.329 e.